The third-order valence-corrected chi connectivity index (χ3v) is 5.76. The molecule has 1 heterocycles. The van der Waals surface area contributed by atoms with E-state index in [1.807, 2.05) is 38.1 Å². The number of H-pyrrole nitrogens is 1. The molecule has 178 valence electrons. The fourth-order valence-electron chi connectivity index (χ4n) is 3.57. The molecular weight excluding hydrogens is 442 g/mol. The maximum absolute atomic E-state index is 13.0. The van der Waals surface area contributed by atoms with Gasteiger partial charge in [0.15, 0.2) is 0 Å². The van der Waals surface area contributed by atoms with E-state index < -0.39 is 35.1 Å². The maximum Gasteiger partial charge on any atom is 0.326 e. The van der Waals surface area contributed by atoms with Crippen molar-refractivity contribution in [1.29, 1.82) is 0 Å². The number of hydrogen-bond donors (Lipinski definition) is 5. The Morgan fingerprint density at radius 3 is 2.52 bits per heavy atom. The van der Waals surface area contributed by atoms with Crippen LogP contribution in [0.1, 0.15) is 45.1 Å². The molecule has 33 heavy (non-hydrogen) atoms. The van der Waals surface area contributed by atoms with E-state index in [1.165, 1.54) is 6.08 Å². The zero-order chi connectivity index (χ0) is 24.4. The molecule has 2 rings (SSSR count). The van der Waals surface area contributed by atoms with Crippen LogP contribution in [0.2, 0.25) is 0 Å². The van der Waals surface area contributed by atoms with Gasteiger partial charge >= 0.3 is 5.97 Å². The quantitative estimate of drug-likeness (QED) is 0.174. The molecule has 3 atom stereocenters. The number of aromatic amines is 1. The summed E-state index contributed by atoms with van der Waals surface area (Å²) >= 11 is 4.30. The van der Waals surface area contributed by atoms with E-state index >= 15 is 0 Å². The summed E-state index contributed by atoms with van der Waals surface area (Å²) in [6, 6.07) is 5.50. The van der Waals surface area contributed by atoms with Crippen LogP contribution in [0.4, 0.5) is 0 Å². The largest absolute Gasteiger partial charge is 0.480 e. The molecule has 1 aromatic carbocycles. The summed E-state index contributed by atoms with van der Waals surface area (Å²) in [7, 11) is 0. The van der Waals surface area contributed by atoms with Crippen molar-refractivity contribution < 1.29 is 24.3 Å². The molecule has 0 aliphatic heterocycles. The molecule has 2 aromatic rings. The average molecular weight is 474 g/mol. The van der Waals surface area contributed by atoms with Crippen LogP contribution >= 0.6 is 12.6 Å². The Kier molecular flexibility index (Phi) is 10.2. The lowest BCUT2D eigenvalue weighted by Gasteiger charge is -2.24. The van der Waals surface area contributed by atoms with Gasteiger partial charge < -0.3 is 20.7 Å². The number of benzene rings is 1. The smallest absolute Gasteiger partial charge is 0.326 e. The van der Waals surface area contributed by atoms with Gasteiger partial charge in [0, 0.05) is 23.5 Å². The molecule has 9 heteroatoms. The number of carboxylic acids is 1. The predicted octanol–water partition coefficient (Wildman–Crippen LogP) is 2.67. The summed E-state index contributed by atoms with van der Waals surface area (Å²) in [6.45, 7) is 3.83. The highest BCUT2D eigenvalue weighted by Crippen LogP contribution is 2.19. The first-order valence-electron chi connectivity index (χ1n) is 11.0. The lowest BCUT2D eigenvalue weighted by molar-refractivity contribution is -0.142. The van der Waals surface area contributed by atoms with Gasteiger partial charge in [-0.15, -0.1) is 0 Å². The predicted molar refractivity (Wildman–Crippen MR) is 130 cm³/mol. The van der Waals surface area contributed by atoms with E-state index in [2.05, 4.69) is 28.2 Å². The number of carbonyl (C=O) groups excluding carboxylic acids is 3. The first-order chi connectivity index (χ1) is 15.7. The molecule has 0 aliphatic carbocycles. The molecule has 0 spiro atoms. The van der Waals surface area contributed by atoms with Crippen LogP contribution < -0.4 is 10.6 Å². The summed E-state index contributed by atoms with van der Waals surface area (Å²) in [5.74, 6) is -0.326. The monoisotopic (exact) mass is 473 g/mol. The van der Waals surface area contributed by atoms with E-state index in [9.17, 15) is 24.3 Å². The van der Waals surface area contributed by atoms with Crippen molar-refractivity contribution in [3.63, 3.8) is 0 Å². The fraction of sp³-hybridized carbons (Fsp3) is 0.458. The number of carboxylic acid groups (broad SMARTS) is 1. The van der Waals surface area contributed by atoms with Gasteiger partial charge in [-0.25, -0.2) is 9.59 Å². The Bertz CT molecular complexity index is 1010. The number of rotatable bonds is 13. The number of aliphatic carboxylic acids is 1. The molecule has 0 aliphatic rings. The number of carbonyl (C=O) groups is 3. The second-order valence-electron chi connectivity index (χ2n) is 8.42. The maximum atomic E-state index is 13.0. The van der Waals surface area contributed by atoms with Gasteiger partial charge in [-0.05, 0) is 49.3 Å². The highest BCUT2D eigenvalue weighted by atomic mass is 32.1. The van der Waals surface area contributed by atoms with Gasteiger partial charge in [-0.1, -0.05) is 32.0 Å². The number of thiol groups is 1. The second-order valence-corrected chi connectivity index (χ2v) is 9.05. The van der Waals surface area contributed by atoms with Crippen molar-refractivity contribution in [2.75, 3.05) is 0 Å². The Labute approximate surface area is 198 Å². The summed E-state index contributed by atoms with van der Waals surface area (Å²) < 4.78 is 0. The number of allylic oxidation sites excluding steroid dienone is 1. The molecule has 2 unspecified atom stereocenters. The van der Waals surface area contributed by atoms with Crippen LogP contribution in [0, 0.1) is 5.92 Å². The van der Waals surface area contributed by atoms with Gasteiger partial charge in [0.2, 0.25) is 11.8 Å². The van der Waals surface area contributed by atoms with Gasteiger partial charge in [0.05, 0.1) is 5.25 Å². The number of amides is 2. The first kappa shape index (κ1) is 26.2. The molecule has 0 fully saturated rings. The van der Waals surface area contributed by atoms with Crippen LogP contribution in [0.15, 0.2) is 36.5 Å². The van der Waals surface area contributed by atoms with Crippen molar-refractivity contribution in [1.82, 2.24) is 15.6 Å². The van der Waals surface area contributed by atoms with Crippen molar-refractivity contribution in [3.8, 4) is 0 Å². The first-order valence-corrected chi connectivity index (χ1v) is 11.5. The van der Waals surface area contributed by atoms with Gasteiger partial charge in [0.25, 0.3) is 0 Å². The number of aromatic nitrogens is 1. The van der Waals surface area contributed by atoms with Crippen LogP contribution in [-0.2, 0) is 25.6 Å². The molecule has 0 saturated carbocycles. The summed E-state index contributed by atoms with van der Waals surface area (Å²) in [5.41, 5.74) is 1.67. The van der Waals surface area contributed by atoms with Crippen molar-refractivity contribution in [2.24, 2.45) is 5.92 Å². The Balaban J connectivity index is 2.06. The zero-order valence-corrected chi connectivity index (χ0v) is 19.7. The molecule has 8 nitrogen and oxygen atoms in total. The summed E-state index contributed by atoms with van der Waals surface area (Å²) in [5, 5.41) is 15.3. The Hall–Kier alpha value is -3.03. The van der Waals surface area contributed by atoms with Crippen LogP contribution in [-0.4, -0.2) is 51.1 Å². The minimum atomic E-state index is -1.15. The Morgan fingerprint density at radius 1 is 1.15 bits per heavy atom. The minimum Gasteiger partial charge on any atom is -0.480 e. The molecule has 2 amide bonds. The van der Waals surface area contributed by atoms with E-state index in [4.69, 9.17) is 0 Å². The molecule has 0 saturated heterocycles. The van der Waals surface area contributed by atoms with Gasteiger partial charge in [0.1, 0.15) is 18.0 Å². The lowest BCUT2D eigenvalue weighted by atomic mass is 10.0. The van der Waals surface area contributed by atoms with E-state index in [-0.39, 0.29) is 12.3 Å². The van der Waals surface area contributed by atoms with Crippen LogP contribution in [0.25, 0.3) is 10.9 Å². The van der Waals surface area contributed by atoms with Crippen LogP contribution in [0.3, 0.4) is 0 Å². The van der Waals surface area contributed by atoms with Crippen molar-refractivity contribution in [3.05, 3.63) is 42.1 Å². The summed E-state index contributed by atoms with van der Waals surface area (Å²) in [4.78, 5) is 50.8. The molecular formula is C24H31N3O5S. The normalized spacial score (nSPS) is 13.7. The third-order valence-electron chi connectivity index (χ3n) is 5.27. The molecule has 0 bridgehead atoms. The zero-order valence-electron chi connectivity index (χ0n) is 18.8. The SMILES string of the molecule is CC(C)CC(NC(=O)C(S)CCCC=C=O)C(=O)N[C@@H](Cc1c[nH]c2ccccc12)C(=O)O. The topological polar surface area (TPSA) is 128 Å². The lowest BCUT2D eigenvalue weighted by Crippen LogP contribution is -2.53. The van der Waals surface area contributed by atoms with Crippen molar-refractivity contribution in [2.45, 2.75) is 63.3 Å². The van der Waals surface area contributed by atoms with Crippen LogP contribution in [0.5, 0.6) is 0 Å². The van der Waals surface area contributed by atoms with E-state index in [1.54, 1.807) is 12.1 Å². The second kappa shape index (κ2) is 12.9. The number of nitrogens with one attached hydrogen (secondary N) is 3. The summed E-state index contributed by atoms with van der Waals surface area (Å²) in [6.07, 6.45) is 5.07. The standard InChI is InChI=1S/C24H31N3O5S/c1-15(2)12-19(26-23(30)21(33)10-4-3-7-11-28)22(29)27-20(24(31)32)13-16-14-25-18-9-6-5-8-17(16)18/h5-9,14-15,19-21,25,33H,3-4,10,12-13H2,1-2H3,(H,26,30)(H,27,29)(H,31,32)/t19?,20-,21?/m0/s1. The molecule has 4 N–H and O–H groups in total. The van der Waals surface area contributed by atoms with E-state index in [0.29, 0.717) is 25.7 Å². The highest BCUT2D eigenvalue weighted by Gasteiger charge is 2.29. The highest BCUT2D eigenvalue weighted by molar-refractivity contribution is 7.81. The number of fused-ring (bicyclic) bond motifs is 1. The van der Waals surface area contributed by atoms with Gasteiger partial charge in [-0.3, -0.25) is 9.59 Å². The minimum absolute atomic E-state index is 0.0917. The Morgan fingerprint density at radius 2 is 1.85 bits per heavy atom. The molecule has 0 radical (unpaired) electrons. The fourth-order valence-corrected chi connectivity index (χ4v) is 3.82. The molecule has 1 aromatic heterocycles. The third kappa shape index (κ3) is 8.11. The number of hydrogen-bond acceptors (Lipinski definition) is 5. The number of para-hydroxylation sites is 1. The van der Waals surface area contributed by atoms with E-state index in [0.717, 1.165) is 16.5 Å². The van der Waals surface area contributed by atoms with Gasteiger partial charge in [-0.2, -0.15) is 12.6 Å². The number of unbranched alkanes of at least 4 members (excludes halogenated alkanes) is 1. The average Bonchev–Trinajstić information content (AvgIpc) is 3.18. The van der Waals surface area contributed by atoms with Crippen molar-refractivity contribution >= 4 is 47.3 Å².